The molecule has 19 heavy (non-hydrogen) atoms. The Bertz CT molecular complexity index is 465. The molecule has 0 spiro atoms. The number of aromatic nitrogens is 2. The fraction of sp³-hybridized carbons (Fsp3) is 0.462. The SMILES string of the molecule is CCCN(CC(=O)OC)C(=O)/C=C/c1ccnn1C. The van der Waals surface area contributed by atoms with Crippen molar-refractivity contribution in [2.45, 2.75) is 13.3 Å². The minimum atomic E-state index is -0.421. The van der Waals surface area contributed by atoms with Crippen molar-refractivity contribution in [1.29, 1.82) is 0 Å². The van der Waals surface area contributed by atoms with Crippen molar-refractivity contribution in [2.75, 3.05) is 20.2 Å². The summed E-state index contributed by atoms with van der Waals surface area (Å²) in [4.78, 5) is 24.7. The zero-order valence-corrected chi connectivity index (χ0v) is 11.5. The second kappa shape index (κ2) is 7.35. The highest BCUT2D eigenvalue weighted by Gasteiger charge is 2.14. The van der Waals surface area contributed by atoms with Crippen molar-refractivity contribution in [3.8, 4) is 0 Å². The van der Waals surface area contributed by atoms with Gasteiger partial charge in [-0.05, 0) is 18.6 Å². The largest absolute Gasteiger partial charge is 0.468 e. The van der Waals surface area contributed by atoms with Crippen LogP contribution in [0.15, 0.2) is 18.3 Å². The Morgan fingerprint density at radius 3 is 2.79 bits per heavy atom. The molecule has 1 rings (SSSR count). The van der Waals surface area contributed by atoms with Crippen LogP contribution in [0.1, 0.15) is 19.0 Å². The Morgan fingerprint density at radius 2 is 2.26 bits per heavy atom. The van der Waals surface area contributed by atoms with Gasteiger partial charge in [0.2, 0.25) is 5.91 Å². The lowest BCUT2D eigenvalue weighted by Crippen LogP contribution is -2.35. The minimum Gasteiger partial charge on any atom is -0.468 e. The van der Waals surface area contributed by atoms with E-state index in [9.17, 15) is 9.59 Å². The second-order valence-electron chi connectivity index (χ2n) is 4.05. The molecule has 0 aromatic carbocycles. The van der Waals surface area contributed by atoms with Crippen molar-refractivity contribution in [3.05, 3.63) is 24.0 Å². The van der Waals surface area contributed by atoms with Gasteiger partial charge in [-0.15, -0.1) is 0 Å². The van der Waals surface area contributed by atoms with Gasteiger partial charge in [-0.25, -0.2) is 0 Å². The van der Waals surface area contributed by atoms with Gasteiger partial charge in [0.1, 0.15) is 6.54 Å². The smallest absolute Gasteiger partial charge is 0.325 e. The van der Waals surface area contributed by atoms with Crippen molar-refractivity contribution >= 4 is 18.0 Å². The van der Waals surface area contributed by atoms with Crippen molar-refractivity contribution in [2.24, 2.45) is 7.05 Å². The lowest BCUT2D eigenvalue weighted by molar-refractivity contribution is -0.145. The summed E-state index contributed by atoms with van der Waals surface area (Å²) in [5, 5.41) is 4.00. The summed E-state index contributed by atoms with van der Waals surface area (Å²) in [5.74, 6) is -0.635. The summed E-state index contributed by atoms with van der Waals surface area (Å²) in [6.45, 7) is 2.44. The molecule has 0 aliphatic heterocycles. The summed E-state index contributed by atoms with van der Waals surface area (Å²) >= 11 is 0. The fourth-order valence-corrected chi connectivity index (χ4v) is 1.57. The van der Waals surface area contributed by atoms with Crippen LogP contribution in [0.2, 0.25) is 0 Å². The summed E-state index contributed by atoms with van der Waals surface area (Å²) in [6.07, 6.45) is 5.55. The Hall–Kier alpha value is -2.11. The van der Waals surface area contributed by atoms with Crippen LogP contribution in [-0.4, -0.2) is 46.8 Å². The molecule has 1 aromatic rings. The molecule has 0 saturated carbocycles. The van der Waals surface area contributed by atoms with Crippen LogP contribution < -0.4 is 0 Å². The third-order valence-electron chi connectivity index (χ3n) is 2.61. The zero-order chi connectivity index (χ0) is 14.3. The van der Waals surface area contributed by atoms with Crippen LogP contribution in [-0.2, 0) is 21.4 Å². The van der Waals surface area contributed by atoms with Crippen LogP contribution in [0.3, 0.4) is 0 Å². The molecule has 1 amide bonds. The second-order valence-corrected chi connectivity index (χ2v) is 4.05. The van der Waals surface area contributed by atoms with Crippen molar-refractivity contribution in [1.82, 2.24) is 14.7 Å². The average molecular weight is 265 g/mol. The number of esters is 1. The van der Waals surface area contributed by atoms with E-state index in [-0.39, 0.29) is 12.5 Å². The first-order valence-corrected chi connectivity index (χ1v) is 6.10. The number of amides is 1. The molecule has 6 heteroatoms. The molecule has 0 radical (unpaired) electrons. The summed E-state index contributed by atoms with van der Waals surface area (Å²) in [6, 6.07) is 1.80. The molecule has 0 atom stereocenters. The first-order valence-electron chi connectivity index (χ1n) is 6.10. The summed E-state index contributed by atoms with van der Waals surface area (Å²) in [5.41, 5.74) is 0.822. The highest BCUT2D eigenvalue weighted by molar-refractivity contribution is 5.93. The molecule has 104 valence electrons. The molecule has 1 heterocycles. The number of rotatable bonds is 6. The number of nitrogens with zero attached hydrogens (tertiary/aromatic N) is 3. The van der Waals surface area contributed by atoms with Gasteiger partial charge in [-0.2, -0.15) is 5.10 Å². The molecule has 6 nitrogen and oxygen atoms in total. The fourth-order valence-electron chi connectivity index (χ4n) is 1.57. The first kappa shape index (κ1) is 14.9. The van der Waals surface area contributed by atoms with Gasteiger partial charge in [0, 0.05) is 25.9 Å². The van der Waals surface area contributed by atoms with Gasteiger partial charge in [0.05, 0.1) is 12.8 Å². The van der Waals surface area contributed by atoms with Gasteiger partial charge in [0.25, 0.3) is 0 Å². The number of hydrogen-bond acceptors (Lipinski definition) is 4. The van der Waals surface area contributed by atoms with Gasteiger partial charge in [-0.3, -0.25) is 14.3 Å². The van der Waals surface area contributed by atoms with E-state index in [0.29, 0.717) is 6.54 Å². The van der Waals surface area contributed by atoms with Crippen LogP contribution in [0, 0.1) is 0 Å². The zero-order valence-electron chi connectivity index (χ0n) is 11.5. The number of carbonyl (C=O) groups is 2. The Balaban J connectivity index is 2.69. The highest BCUT2D eigenvalue weighted by Crippen LogP contribution is 2.02. The molecular formula is C13H19N3O3. The number of ether oxygens (including phenoxy) is 1. The maximum Gasteiger partial charge on any atom is 0.325 e. The number of methoxy groups -OCH3 is 1. The highest BCUT2D eigenvalue weighted by atomic mass is 16.5. The van der Waals surface area contributed by atoms with E-state index in [1.54, 1.807) is 30.1 Å². The van der Waals surface area contributed by atoms with Crippen LogP contribution in [0.5, 0.6) is 0 Å². The predicted octanol–water partition coefficient (Wildman–Crippen LogP) is 0.845. The first-order chi connectivity index (χ1) is 9.08. The van der Waals surface area contributed by atoms with E-state index in [1.807, 2.05) is 6.92 Å². The Kier molecular flexibility index (Phi) is 5.78. The maximum absolute atomic E-state index is 12.0. The lowest BCUT2D eigenvalue weighted by atomic mass is 10.3. The predicted molar refractivity (Wildman–Crippen MR) is 71.1 cm³/mol. The quantitative estimate of drug-likeness (QED) is 0.565. The standard InChI is InChI=1S/C13H19N3O3/c1-4-9-16(10-13(18)19-3)12(17)6-5-11-7-8-14-15(11)2/h5-8H,4,9-10H2,1-3H3/b6-5+. The van der Waals surface area contributed by atoms with E-state index < -0.39 is 5.97 Å². The van der Waals surface area contributed by atoms with Crippen molar-refractivity contribution < 1.29 is 14.3 Å². The van der Waals surface area contributed by atoms with Gasteiger partial charge in [-0.1, -0.05) is 6.92 Å². The molecular weight excluding hydrogens is 246 g/mol. The topological polar surface area (TPSA) is 64.4 Å². The van der Waals surface area contributed by atoms with E-state index in [2.05, 4.69) is 9.84 Å². The molecule has 0 bridgehead atoms. The maximum atomic E-state index is 12.0. The molecule has 0 saturated heterocycles. The summed E-state index contributed by atoms with van der Waals surface area (Å²) < 4.78 is 6.24. The average Bonchev–Trinajstić information content (AvgIpc) is 2.80. The Morgan fingerprint density at radius 1 is 1.53 bits per heavy atom. The number of aryl methyl sites for hydroxylation is 1. The summed E-state index contributed by atoms with van der Waals surface area (Å²) in [7, 11) is 3.10. The third kappa shape index (κ3) is 4.57. The lowest BCUT2D eigenvalue weighted by Gasteiger charge is -2.18. The van der Waals surface area contributed by atoms with Gasteiger partial charge < -0.3 is 9.64 Å². The molecule has 0 fully saturated rings. The number of carbonyl (C=O) groups excluding carboxylic acids is 2. The molecule has 0 N–H and O–H groups in total. The molecule has 0 aliphatic carbocycles. The van der Waals surface area contributed by atoms with Crippen LogP contribution >= 0.6 is 0 Å². The van der Waals surface area contributed by atoms with E-state index in [4.69, 9.17) is 0 Å². The van der Waals surface area contributed by atoms with Crippen LogP contribution in [0.4, 0.5) is 0 Å². The van der Waals surface area contributed by atoms with Crippen LogP contribution in [0.25, 0.3) is 6.08 Å². The van der Waals surface area contributed by atoms with E-state index in [0.717, 1.165) is 12.1 Å². The molecule has 1 aromatic heterocycles. The monoisotopic (exact) mass is 265 g/mol. The normalized spacial score (nSPS) is 10.7. The molecule has 0 aliphatic rings. The van der Waals surface area contributed by atoms with E-state index >= 15 is 0 Å². The van der Waals surface area contributed by atoms with Crippen molar-refractivity contribution in [3.63, 3.8) is 0 Å². The Labute approximate surface area is 112 Å². The third-order valence-corrected chi connectivity index (χ3v) is 2.61. The van der Waals surface area contributed by atoms with E-state index in [1.165, 1.54) is 18.1 Å². The number of hydrogen-bond donors (Lipinski definition) is 0. The molecule has 0 unspecified atom stereocenters. The van der Waals surface area contributed by atoms with Gasteiger partial charge in [0.15, 0.2) is 0 Å². The van der Waals surface area contributed by atoms with Gasteiger partial charge >= 0.3 is 5.97 Å². The minimum absolute atomic E-state index is 0.0289.